The number of rotatable bonds is 5. The fourth-order valence-electron chi connectivity index (χ4n) is 2.25. The van der Waals surface area contributed by atoms with E-state index in [0.717, 1.165) is 0 Å². The number of carbonyl (C=O) groups is 1. The van der Waals surface area contributed by atoms with E-state index in [0.29, 0.717) is 26.9 Å². The second-order valence-electron chi connectivity index (χ2n) is 5.43. The molecule has 0 saturated carbocycles. The molecular formula is C18H13Cl2N3O3. The van der Waals surface area contributed by atoms with Gasteiger partial charge in [-0.2, -0.15) is 5.10 Å². The number of phenols is 2. The third-order valence-corrected chi connectivity index (χ3v) is 4.11. The number of aromatic hydroxyl groups is 2. The van der Waals surface area contributed by atoms with Crippen LogP contribution in [0.3, 0.4) is 0 Å². The molecule has 3 rings (SSSR count). The fourth-order valence-corrected chi connectivity index (χ4v) is 2.76. The molecule has 6 nitrogen and oxygen atoms in total. The van der Waals surface area contributed by atoms with Gasteiger partial charge in [-0.3, -0.25) is 14.9 Å². The lowest BCUT2D eigenvalue weighted by Gasteiger charge is -2.00. The van der Waals surface area contributed by atoms with Crippen LogP contribution in [0.1, 0.15) is 16.1 Å². The number of aliphatic imine (C=N–C) groups is 1. The molecule has 0 aliphatic carbocycles. The lowest BCUT2D eigenvalue weighted by Crippen LogP contribution is -2.04. The standard InChI is InChI=1S/C18H13Cl2N3O3/c19-11-2-4-13(14(20)5-11)15-7-16(23-22-15)18(26)9-21-8-10-1-3-12(24)6-17(10)25/h1-8,24-25H,9H2,(H,22,23). The van der Waals surface area contributed by atoms with Crippen molar-refractivity contribution in [3.63, 3.8) is 0 Å². The lowest BCUT2D eigenvalue weighted by atomic mass is 10.1. The number of benzene rings is 2. The molecule has 2 aromatic carbocycles. The predicted octanol–water partition coefficient (Wildman–Crippen LogP) is 4.10. The minimum Gasteiger partial charge on any atom is -0.508 e. The number of phenolic OH excluding ortho intramolecular Hbond substituents is 2. The van der Waals surface area contributed by atoms with Gasteiger partial charge in [-0.15, -0.1) is 0 Å². The van der Waals surface area contributed by atoms with Crippen LogP contribution < -0.4 is 0 Å². The highest BCUT2D eigenvalue weighted by Crippen LogP contribution is 2.29. The molecule has 0 unspecified atom stereocenters. The Balaban J connectivity index is 1.71. The normalized spacial score (nSPS) is 11.2. The van der Waals surface area contributed by atoms with E-state index >= 15 is 0 Å². The van der Waals surface area contributed by atoms with Crippen LogP contribution in [0.2, 0.25) is 10.0 Å². The minimum atomic E-state index is -0.275. The van der Waals surface area contributed by atoms with Crippen molar-refractivity contribution in [1.29, 1.82) is 0 Å². The Bertz CT molecular complexity index is 999. The van der Waals surface area contributed by atoms with Gasteiger partial charge in [0.25, 0.3) is 0 Å². The summed E-state index contributed by atoms with van der Waals surface area (Å²) in [5.41, 5.74) is 1.87. The average molecular weight is 390 g/mol. The SMILES string of the molecule is O=C(CN=Cc1ccc(O)cc1O)c1cc(-c2ccc(Cl)cc2Cl)n[nH]1. The quantitative estimate of drug-likeness (QED) is 0.451. The Morgan fingerprint density at radius 1 is 1.15 bits per heavy atom. The third kappa shape index (κ3) is 4.04. The number of aromatic nitrogens is 2. The first-order valence-corrected chi connectivity index (χ1v) is 8.25. The monoisotopic (exact) mass is 389 g/mol. The molecule has 26 heavy (non-hydrogen) atoms. The topological polar surface area (TPSA) is 98.6 Å². The van der Waals surface area contributed by atoms with E-state index in [1.165, 1.54) is 24.4 Å². The number of halogens is 2. The van der Waals surface area contributed by atoms with Crippen molar-refractivity contribution < 1.29 is 15.0 Å². The van der Waals surface area contributed by atoms with Gasteiger partial charge < -0.3 is 10.2 Å². The Kier molecular flexibility index (Phi) is 5.25. The summed E-state index contributed by atoms with van der Waals surface area (Å²) in [6, 6.07) is 10.7. The van der Waals surface area contributed by atoms with Crippen molar-refractivity contribution >= 4 is 35.2 Å². The van der Waals surface area contributed by atoms with Crippen LogP contribution in [-0.4, -0.2) is 39.0 Å². The maximum Gasteiger partial charge on any atom is 0.201 e. The van der Waals surface area contributed by atoms with Crippen molar-refractivity contribution in [2.24, 2.45) is 4.99 Å². The summed E-state index contributed by atoms with van der Waals surface area (Å²) in [6.07, 6.45) is 1.36. The van der Waals surface area contributed by atoms with E-state index in [1.807, 2.05) is 0 Å². The van der Waals surface area contributed by atoms with Crippen molar-refractivity contribution in [2.75, 3.05) is 6.54 Å². The third-order valence-electron chi connectivity index (χ3n) is 3.56. The number of Topliss-reactive ketones (excluding diaryl/α,β-unsaturated/α-hetero) is 1. The summed E-state index contributed by atoms with van der Waals surface area (Å²) in [7, 11) is 0. The molecular weight excluding hydrogens is 377 g/mol. The summed E-state index contributed by atoms with van der Waals surface area (Å²) < 4.78 is 0. The molecule has 1 heterocycles. The van der Waals surface area contributed by atoms with Crippen LogP contribution >= 0.6 is 23.2 Å². The molecule has 132 valence electrons. The Morgan fingerprint density at radius 2 is 1.96 bits per heavy atom. The van der Waals surface area contributed by atoms with Crippen molar-refractivity contribution in [3.05, 3.63) is 63.8 Å². The van der Waals surface area contributed by atoms with Crippen LogP contribution in [-0.2, 0) is 0 Å². The minimum absolute atomic E-state index is 0.0541. The van der Waals surface area contributed by atoms with Crippen molar-refractivity contribution in [3.8, 4) is 22.8 Å². The van der Waals surface area contributed by atoms with E-state index in [2.05, 4.69) is 15.2 Å². The number of ketones is 1. The first-order chi connectivity index (χ1) is 12.4. The molecule has 8 heteroatoms. The lowest BCUT2D eigenvalue weighted by molar-refractivity contribution is 0.0997. The van der Waals surface area contributed by atoms with E-state index in [4.69, 9.17) is 23.2 Å². The fraction of sp³-hybridized carbons (Fsp3) is 0.0556. The van der Waals surface area contributed by atoms with Crippen molar-refractivity contribution in [2.45, 2.75) is 0 Å². The molecule has 0 aliphatic heterocycles. The molecule has 0 atom stereocenters. The highest BCUT2D eigenvalue weighted by atomic mass is 35.5. The zero-order chi connectivity index (χ0) is 18.7. The molecule has 0 aliphatic rings. The molecule has 0 saturated heterocycles. The smallest absolute Gasteiger partial charge is 0.201 e. The molecule has 0 amide bonds. The molecule has 0 bridgehead atoms. The van der Waals surface area contributed by atoms with Gasteiger partial charge in [-0.25, -0.2) is 0 Å². The first-order valence-electron chi connectivity index (χ1n) is 7.50. The number of H-pyrrole nitrogens is 1. The van der Waals surface area contributed by atoms with Gasteiger partial charge in [-0.05, 0) is 36.4 Å². The maximum atomic E-state index is 12.2. The van der Waals surface area contributed by atoms with Gasteiger partial charge in [0.2, 0.25) is 5.78 Å². The van der Waals surface area contributed by atoms with E-state index in [9.17, 15) is 15.0 Å². The zero-order valence-electron chi connectivity index (χ0n) is 13.3. The summed E-state index contributed by atoms with van der Waals surface area (Å²) in [6.45, 7) is -0.129. The maximum absolute atomic E-state index is 12.2. The number of nitrogens with zero attached hydrogens (tertiary/aromatic N) is 2. The highest BCUT2D eigenvalue weighted by Gasteiger charge is 2.13. The van der Waals surface area contributed by atoms with Gasteiger partial charge in [0.05, 0.1) is 10.7 Å². The largest absolute Gasteiger partial charge is 0.508 e. The second kappa shape index (κ2) is 7.59. The van der Waals surface area contributed by atoms with Crippen LogP contribution in [0.4, 0.5) is 0 Å². The molecule has 3 N–H and O–H groups in total. The van der Waals surface area contributed by atoms with Crippen LogP contribution in [0.15, 0.2) is 47.5 Å². The van der Waals surface area contributed by atoms with Gasteiger partial charge >= 0.3 is 0 Å². The summed E-state index contributed by atoms with van der Waals surface area (Å²) >= 11 is 12.0. The highest BCUT2D eigenvalue weighted by molar-refractivity contribution is 6.36. The molecule has 1 aromatic heterocycles. The number of nitrogens with one attached hydrogen (secondary N) is 1. The zero-order valence-corrected chi connectivity index (χ0v) is 14.8. The summed E-state index contributed by atoms with van der Waals surface area (Å²) in [4.78, 5) is 16.2. The molecule has 0 radical (unpaired) electrons. The molecule has 3 aromatic rings. The number of hydrogen-bond donors (Lipinski definition) is 3. The number of aromatic amines is 1. The first kappa shape index (κ1) is 18.0. The molecule has 0 spiro atoms. The summed E-state index contributed by atoms with van der Waals surface area (Å²) in [5, 5.41) is 26.6. The number of carbonyl (C=O) groups excluding carboxylic acids is 1. The van der Waals surface area contributed by atoms with Gasteiger partial charge in [0.15, 0.2) is 0 Å². The van der Waals surface area contributed by atoms with E-state index in [-0.39, 0.29) is 29.5 Å². The Labute approximate surface area is 158 Å². The van der Waals surface area contributed by atoms with Crippen molar-refractivity contribution in [1.82, 2.24) is 10.2 Å². The Hall–Kier alpha value is -2.83. The number of hydrogen-bond acceptors (Lipinski definition) is 5. The van der Waals surface area contributed by atoms with Gasteiger partial charge in [0.1, 0.15) is 23.7 Å². The molecule has 0 fully saturated rings. The van der Waals surface area contributed by atoms with E-state index in [1.54, 1.807) is 24.3 Å². The van der Waals surface area contributed by atoms with Gasteiger partial charge in [-0.1, -0.05) is 23.2 Å². The second-order valence-corrected chi connectivity index (χ2v) is 6.27. The van der Waals surface area contributed by atoms with Crippen LogP contribution in [0.5, 0.6) is 11.5 Å². The van der Waals surface area contributed by atoms with Gasteiger partial charge in [0, 0.05) is 28.4 Å². The Morgan fingerprint density at radius 3 is 2.69 bits per heavy atom. The summed E-state index contributed by atoms with van der Waals surface area (Å²) in [5.74, 6) is -0.452. The van der Waals surface area contributed by atoms with Crippen LogP contribution in [0, 0.1) is 0 Å². The average Bonchev–Trinajstić information content (AvgIpc) is 3.06. The van der Waals surface area contributed by atoms with Crippen LogP contribution in [0.25, 0.3) is 11.3 Å². The van der Waals surface area contributed by atoms with E-state index < -0.39 is 0 Å². The predicted molar refractivity (Wildman–Crippen MR) is 101 cm³/mol.